The molecule has 0 amide bonds. The van der Waals surface area contributed by atoms with Gasteiger partial charge in [-0.05, 0) is 100 Å². The Bertz CT molecular complexity index is 3530. The fourth-order valence-corrected chi connectivity index (χ4v) is 9.33. The van der Waals surface area contributed by atoms with Crippen LogP contribution in [0.25, 0.3) is 120 Å². The van der Waals surface area contributed by atoms with Crippen LogP contribution < -0.4 is 0 Å². The van der Waals surface area contributed by atoms with Crippen molar-refractivity contribution in [2.24, 2.45) is 0 Å². The van der Waals surface area contributed by atoms with Crippen molar-refractivity contribution in [3.05, 3.63) is 206 Å². The minimum absolute atomic E-state index is 0.911. The highest BCUT2D eigenvalue weighted by molar-refractivity contribution is 6.26. The molecule has 0 N–H and O–H groups in total. The van der Waals surface area contributed by atoms with E-state index in [1.807, 2.05) is 6.07 Å². The molecular weight excluding hydrogens is 701 g/mol. The lowest BCUT2D eigenvalue weighted by atomic mass is 9.86. The van der Waals surface area contributed by atoms with Crippen LogP contribution in [0, 0.1) is 0 Å². The molecule has 2 heteroatoms. The maximum Gasteiger partial charge on any atom is 0.0972 e. The van der Waals surface area contributed by atoms with Crippen LogP contribution in [0.4, 0.5) is 0 Å². The average molecular weight is 735 g/mol. The molecule has 2 nitrogen and oxygen atoms in total. The van der Waals surface area contributed by atoms with E-state index >= 15 is 0 Å². The van der Waals surface area contributed by atoms with Crippen molar-refractivity contribution >= 4 is 75.7 Å². The fourth-order valence-electron chi connectivity index (χ4n) is 9.33. The fraction of sp³-hybridized carbons (Fsp3) is 0. The van der Waals surface area contributed by atoms with Gasteiger partial charge in [-0.1, -0.05) is 182 Å². The molecule has 10 aromatic carbocycles. The summed E-state index contributed by atoms with van der Waals surface area (Å²) in [7, 11) is 0. The molecule has 2 aromatic heterocycles. The molecule has 0 atom stereocenters. The summed E-state index contributed by atoms with van der Waals surface area (Å²) in [5, 5.41) is 14.6. The molecule has 0 unspecified atom stereocenters. The number of pyridine rings is 2. The predicted molar refractivity (Wildman–Crippen MR) is 246 cm³/mol. The Morgan fingerprint density at radius 1 is 0.224 bits per heavy atom. The molecule has 2 heterocycles. The third-order valence-electron chi connectivity index (χ3n) is 12.0. The molecule has 0 bridgehead atoms. The Hall–Kier alpha value is -7.68. The lowest BCUT2D eigenvalue weighted by Gasteiger charge is -2.18. The van der Waals surface area contributed by atoms with Crippen LogP contribution in [-0.4, -0.2) is 9.97 Å². The quantitative estimate of drug-likeness (QED) is 0.133. The minimum Gasteiger partial charge on any atom is -0.245 e. The summed E-state index contributed by atoms with van der Waals surface area (Å²) in [6.45, 7) is 0. The van der Waals surface area contributed by atoms with Gasteiger partial charge in [0.1, 0.15) is 0 Å². The molecule has 58 heavy (non-hydrogen) atoms. The summed E-state index contributed by atoms with van der Waals surface area (Å²) in [6.07, 6.45) is 0. The third-order valence-corrected chi connectivity index (χ3v) is 12.0. The lowest BCUT2D eigenvalue weighted by molar-refractivity contribution is 1.37. The SMILES string of the molecule is c1ccc(-c2ccc3ccc4ccc(-c5c6ccccc6c(-c6cccc(-c7ccc8c9ccccc9c9ccccc9c8c7)c6)c6ccccc56)nc4c3n2)cc1. The molecular formula is C56H34N2. The van der Waals surface area contributed by atoms with Gasteiger partial charge in [0.15, 0.2) is 0 Å². The van der Waals surface area contributed by atoms with Crippen LogP contribution in [0.1, 0.15) is 0 Å². The molecule has 12 rings (SSSR count). The predicted octanol–water partition coefficient (Wildman–Crippen LogP) is 15.2. The van der Waals surface area contributed by atoms with Crippen molar-refractivity contribution in [1.82, 2.24) is 9.97 Å². The summed E-state index contributed by atoms with van der Waals surface area (Å²) in [5.74, 6) is 0. The zero-order chi connectivity index (χ0) is 38.2. The molecule has 0 aliphatic heterocycles. The average Bonchev–Trinajstić information content (AvgIpc) is 3.30. The number of nitrogens with zero attached hydrogens (tertiary/aromatic N) is 2. The Kier molecular flexibility index (Phi) is 7.26. The summed E-state index contributed by atoms with van der Waals surface area (Å²) in [6, 6.07) is 74.6. The van der Waals surface area contributed by atoms with Gasteiger partial charge < -0.3 is 0 Å². The lowest BCUT2D eigenvalue weighted by Crippen LogP contribution is -1.94. The molecule has 0 spiro atoms. The van der Waals surface area contributed by atoms with Gasteiger partial charge in [0.05, 0.1) is 22.4 Å². The molecule has 12 aromatic rings. The number of aromatic nitrogens is 2. The molecule has 0 aliphatic rings. The molecule has 0 saturated heterocycles. The summed E-state index contributed by atoms with van der Waals surface area (Å²) in [5.41, 5.74) is 10.8. The van der Waals surface area contributed by atoms with Crippen LogP contribution in [0.15, 0.2) is 206 Å². The summed E-state index contributed by atoms with van der Waals surface area (Å²) in [4.78, 5) is 10.7. The van der Waals surface area contributed by atoms with Crippen molar-refractivity contribution in [2.75, 3.05) is 0 Å². The Labute approximate surface area is 335 Å². The maximum absolute atomic E-state index is 5.47. The number of hydrogen-bond acceptors (Lipinski definition) is 2. The van der Waals surface area contributed by atoms with Crippen LogP contribution in [-0.2, 0) is 0 Å². The molecule has 0 fully saturated rings. The van der Waals surface area contributed by atoms with Gasteiger partial charge in [-0.15, -0.1) is 0 Å². The number of benzene rings is 10. The first kappa shape index (κ1) is 32.6. The second-order valence-electron chi connectivity index (χ2n) is 15.2. The van der Waals surface area contributed by atoms with Crippen molar-refractivity contribution < 1.29 is 0 Å². The van der Waals surface area contributed by atoms with E-state index in [-0.39, 0.29) is 0 Å². The smallest absolute Gasteiger partial charge is 0.0972 e. The van der Waals surface area contributed by atoms with Gasteiger partial charge in [-0.2, -0.15) is 0 Å². The van der Waals surface area contributed by atoms with Gasteiger partial charge in [0.2, 0.25) is 0 Å². The topological polar surface area (TPSA) is 25.8 Å². The first-order valence-electron chi connectivity index (χ1n) is 19.9. The summed E-state index contributed by atoms with van der Waals surface area (Å²) < 4.78 is 0. The van der Waals surface area contributed by atoms with Gasteiger partial charge in [0.25, 0.3) is 0 Å². The van der Waals surface area contributed by atoms with Crippen molar-refractivity contribution in [3.8, 4) is 44.8 Å². The van der Waals surface area contributed by atoms with Gasteiger partial charge in [-0.3, -0.25) is 0 Å². The number of fused-ring (bicyclic) bond motifs is 11. The number of rotatable bonds is 4. The second kappa shape index (κ2) is 12.9. The Morgan fingerprint density at radius 3 is 1.24 bits per heavy atom. The first-order chi connectivity index (χ1) is 28.8. The van der Waals surface area contributed by atoms with Crippen LogP contribution in [0.3, 0.4) is 0 Å². The Morgan fingerprint density at radius 2 is 0.638 bits per heavy atom. The minimum atomic E-state index is 0.911. The molecule has 268 valence electrons. The molecule has 0 aliphatic carbocycles. The van der Waals surface area contributed by atoms with E-state index in [2.05, 4.69) is 200 Å². The second-order valence-corrected chi connectivity index (χ2v) is 15.2. The largest absolute Gasteiger partial charge is 0.245 e. The zero-order valence-electron chi connectivity index (χ0n) is 31.5. The first-order valence-corrected chi connectivity index (χ1v) is 19.9. The van der Waals surface area contributed by atoms with E-state index in [4.69, 9.17) is 9.97 Å². The van der Waals surface area contributed by atoms with Crippen molar-refractivity contribution in [1.29, 1.82) is 0 Å². The monoisotopic (exact) mass is 734 g/mol. The highest BCUT2D eigenvalue weighted by Gasteiger charge is 2.19. The van der Waals surface area contributed by atoms with Gasteiger partial charge >= 0.3 is 0 Å². The van der Waals surface area contributed by atoms with E-state index < -0.39 is 0 Å². The van der Waals surface area contributed by atoms with E-state index in [0.717, 1.165) is 44.3 Å². The standard InChI is InChI=1S/C56H34N2/c1-2-13-35(14-3-1)51-31-28-36-25-26-37-29-32-52(58-56(37)55(36)57-51)54-48-23-10-8-21-46(48)53(47-22-9-11-24-49(47)54)40-16-12-15-38(33-40)39-27-30-45-43-19-5-4-17-41(43)42-18-6-7-20-44(42)50(45)34-39/h1-34H. The van der Waals surface area contributed by atoms with Crippen molar-refractivity contribution in [2.45, 2.75) is 0 Å². The number of hydrogen-bond donors (Lipinski definition) is 0. The van der Waals surface area contributed by atoms with Crippen LogP contribution >= 0.6 is 0 Å². The molecule has 0 radical (unpaired) electrons. The summed E-state index contributed by atoms with van der Waals surface area (Å²) >= 11 is 0. The van der Waals surface area contributed by atoms with Crippen LogP contribution in [0.5, 0.6) is 0 Å². The highest BCUT2D eigenvalue weighted by atomic mass is 14.8. The zero-order valence-corrected chi connectivity index (χ0v) is 31.5. The van der Waals surface area contributed by atoms with E-state index in [1.54, 1.807) is 0 Å². The Balaban J connectivity index is 1.05. The van der Waals surface area contributed by atoms with E-state index in [0.29, 0.717) is 0 Å². The van der Waals surface area contributed by atoms with E-state index in [1.165, 1.54) is 76.1 Å². The normalized spacial score (nSPS) is 11.8. The highest BCUT2D eigenvalue weighted by Crippen LogP contribution is 2.45. The van der Waals surface area contributed by atoms with Crippen LogP contribution in [0.2, 0.25) is 0 Å². The third kappa shape index (κ3) is 5.05. The van der Waals surface area contributed by atoms with Gasteiger partial charge in [-0.25, -0.2) is 9.97 Å². The maximum atomic E-state index is 5.47. The van der Waals surface area contributed by atoms with Gasteiger partial charge in [0, 0.05) is 21.9 Å². The van der Waals surface area contributed by atoms with E-state index in [9.17, 15) is 0 Å². The van der Waals surface area contributed by atoms with Crippen molar-refractivity contribution in [3.63, 3.8) is 0 Å². The molecule has 0 saturated carbocycles.